The largest absolute Gasteiger partial charge is 0.456 e. The number of furan rings is 2. The number of anilines is 3. The van der Waals surface area contributed by atoms with Gasteiger partial charge in [-0.05, 0) is 122 Å². The van der Waals surface area contributed by atoms with Crippen LogP contribution in [0.5, 0.6) is 0 Å². The predicted molar refractivity (Wildman–Crippen MR) is 281 cm³/mol. The molecular weight excluding hydrogens is 827 g/mol. The normalized spacial score (nSPS) is 12.8. The first-order chi connectivity index (χ1) is 33.7. The van der Waals surface area contributed by atoms with Gasteiger partial charge in [0.05, 0.1) is 5.41 Å². The smallest absolute Gasteiger partial charge is 0.143 e. The Hall–Kier alpha value is -8.92. The van der Waals surface area contributed by atoms with Gasteiger partial charge in [0.2, 0.25) is 0 Å². The van der Waals surface area contributed by atoms with E-state index < -0.39 is 5.41 Å². The second kappa shape index (κ2) is 15.1. The van der Waals surface area contributed by atoms with E-state index >= 15 is 0 Å². The second-order valence-electron chi connectivity index (χ2n) is 17.9. The molecule has 68 heavy (non-hydrogen) atoms. The number of benzene rings is 11. The molecule has 3 nitrogen and oxygen atoms in total. The molecule has 13 aromatic rings. The summed E-state index contributed by atoms with van der Waals surface area (Å²) in [6.07, 6.45) is 0. The maximum Gasteiger partial charge on any atom is 0.143 e. The standard InChI is InChI=1S/C65H41NO2/c1-3-18-45(19-4-1)65(46-20-5-2-6-21-46)57-28-11-9-24-53(57)54-39-37-49(41-58(54)65)66(47-35-32-43(33-36-47)50-26-14-30-60-62(50)55-25-10-12-29-59(55)67-60)48-22-13-17-44(40-48)51-27-15-31-61-63(51)56-38-34-42-16-7-8-23-52(42)64(56)68-61/h1-41H. The Morgan fingerprint density at radius 2 is 0.882 bits per heavy atom. The lowest BCUT2D eigenvalue weighted by atomic mass is 9.67. The fourth-order valence-corrected chi connectivity index (χ4v) is 11.4. The van der Waals surface area contributed by atoms with Crippen LogP contribution in [0.15, 0.2) is 258 Å². The molecular formula is C65H41NO2. The van der Waals surface area contributed by atoms with Crippen LogP contribution in [-0.4, -0.2) is 0 Å². The maximum atomic E-state index is 6.68. The van der Waals surface area contributed by atoms with Gasteiger partial charge in [-0.25, -0.2) is 0 Å². The van der Waals surface area contributed by atoms with Gasteiger partial charge in [0, 0.05) is 44.0 Å². The summed E-state index contributed by atoms with van der Waals surface area (Å²) in [5, 5.41) is 6.77. The number of rotatable bonds is 7. The molecule has 3 heteroatoms. The molecule has 0 radical (unpaired) electrons. The molecule has 0 fully saturated rings. The monoisotopic (exact) mass is 867 g/mol. The van der Waals surface area contributed by atoms with Gasteiger partial charge in [-0.1, -0.05) is 188 Å². The summed E-state index contributed by atoms with van der Waals surface area (Å²) >= 11 is 0. The third-order valence-electron chi connectivity index (χ3n) is 14.3. The van der Waals surface area contributed by atoms with Crippen molar-refractivity contribution in [2.75, 3.05) is 4.90 Å². The number of hydrogen-bond acceptors (Lipinski definition) is 3. The highest BCUT2D eigenvalue weighted by molar-refractivity contribution is 6.19. The first-order valence-electron chi connectivity index (χ1n) is 23.3. The highest BCUT2D eigenvalue weighted by atomic mass is 16.3. The molecule has 2 aromatic heterocycles. The summed E-state index contributed by atoms with van der Waals surface area (Å²) in [6, 6.07) is 90.1. The highest BCUT2D eigenvalue weighted by Crippen LogP contribution is 2.57. The average Bonchev–Trinajstić information content (AvgIpc) is 4.08. The average molecular weight is 868 g/mol. The minimum atomic E-state index is -0.546. The lowest BCUT2D eigenvalue weighted by Crippen LogP contribution is -2.28. The van der Waals surface area contributed by atoms with Crippen molar-refractivity contribution < 1.29 is 8.83 Å². The Morgan fingerprint density at radius 3 is 1.68 bits per heavy atom. The van der Waals surface area contributed by atoms with Gasteiger partial charge in [0.1, 0.15) is 22.3 Å². The molecule has 0 bridgehead atoms. The van der Waals surface area contributed by atoms with Crippen LogP contribution in [-0.2, 0) is 5.41 Å². The molecule has 0 amide bonds. The van der Waals surface area contributed by atoms with Crippen molar-refractivity contribution in [1.29, 1.82) is 0 Å². The molecule has 2 heterocycles. The van der Waals surface area contributed by atoms with Crippen LogP contribution in [0.25, 0.3) is 88.0 Å². The lowest BCUT2D eigenvalue weighted by molar-refractivity contribution is 0.669. The highest BCUT2D eigenvalue weighted by Gasteiger charge is 2.46. The van der Waals surface area contributed by atoms with Crippen molar-refractivity contribution >= 4 is 71.7 Å². The van der Waals surface area contributed by atoms with Gasteiger partial charge in [-0.2, -0.15) is 0 Å². The second-order valence-corrected chi connectivity index (χ2v) is 17.9. The van der Waals surface area contributed by atoms with Crippen LogP contribution < -0.4 is 4.90 Å². The number of para-hydroxylation sites is 1. The Morgan fingerprint density at radius 1 is 0.309 bits per heavy atom. The molecule has 1 aliphatic carbocycles. The van der Waals surface area contributed by atoms with Gasteiger partial charge in [0.25, 0.3) is 0 Å². The molecule has 0 spiro atoms. The molecule has 0 aliphatic heterocycles. The lowest BCUT2D eigenvalue weighted by Gasteiger charge is -2.35. The van der Waals surface area contributed by atoms with E-state index in [-0.39, 0.29) is 0 Å². The van der Waals surface area contributed by atoms with E-state index in [1.807, 2.05) is 12.1 Å². The Bertz CT molecular complexity index is 4050. The van der Waals surface area contributed by atoms with E-state index in [2.05, 4.69) is 241 Å². The number of hydrogen-bond donors (Lipinski definition) is 0. The van der Waals surface area contributed by atoms with E-state index in [0.717, 1.165) is 88.6 Å². The Kier molecular flexibility index (Phi) is 8.50. The summed E-state index contributed by atoms with van der Waals surface area (Å²) in [6.45, 7) is 0. The molecule has 0 N–H and O–H groups in total. The topological polar surface area (TPSA) is 29.5 Å². The van der Waals surface area contributed by atoms with E-state index in [4.69, 9.17) is 8.83 Å². The summed E-state index contributed by atoms with van der Waals surface area (Å²) in [5.74, 6) is 0. The van der Waals surface area contributed by atoms with Crippen LogP contribution in [0, 0.1) is 0 Å². The van der Waals surface area contributed by atoms with Crippen LogP contribution in [0.1, 0.15) is 22.3 Å². The third-order valence-corrected chi connectivity index (χ3v) is 14.3. The van der Waals surface area contributed by atoms with Crippen molar-refractivity contribution in [2.24, 2.45) is 0 Å². The van der Waals surface area contributed by atoms with Gasteiger partial charge >= 0.3 is 0 Å². The van der Waals surface area contributed by atoms with E-state index in [1.54, 1.807) is 0 Å². The van der Waals surface area contributed by atoms with Gasteiger partial charge < -0.3 is 13.7 Å². The van der Waals surface area contributed by atoms with Crippen molar-refractivity contribution in [3.8, 4) is 33.4 Å². The Balaban J connectivity index is 0.986. The molecule has 0 unspecified atom stereocenters. The SMILES string of the molecule is c1ccc(C2(c3ccccc3)c3ccccc3-c3ccc(N(c4ccc(-c5cccc6oc7ccccc7c56)cc4)c4cccc(-c5cccc6oc7c8ccccc8ccc7c56)c4)cc32)cc1. The summed E-state index contributed by atoms with van der Waals surface area (Å²) in [7, 11) is 0. The Labute approximate surface area is 393 Å². The van der Waals surface area contributed by atoms with E-state index in [0.29, 0.717) is 0 Å². The van der Waals surface area contributed by atoms with E-state index in [9.17, 15) is 0 Å². The maximum absolute atomic E-state index is 6.68. The minimum Gasteiger partial charge on any atom is -0.456 e. The molecule has 0 saturated carbocycles. The van der Waals surface area contributed by atoms with Gasteiger partial charge in [-0.3, -0.25) is 0 Å². The fourth-order valence-electron chi connectivity index (χ4n) is 11.4. The molecule has 318 valence electrons. The minimum absolute atomic E-state index is 0.546. The molecule has 14 rings (SSSR count). The van der Waals surface area contributed by atoms with Gasteiger partial charge in [0.15, 0.2) is 0 Å². The third kappa shape index (κ3) is 5.66. The predicted octanol–water partition coefficient (Wildman–Crippen LogP) is 17.8. The van der Waals surface area contributed by atoms with Crippen LogP contribution in [0.4, 0.5) is 17.1 Å². The zero-order valence-electron chi connectivity index (χ0n) is 36.9. The van der Waals surface area contributed by atoms with Crippen molar-refractivity contribution in [1.82, 2.24) is 0 Å². The summed E-state index contributed by atoms with van der Waals surface area (Å²) in [5.41, 5.74) is 18.2. The van der Waals surface area contributed by atoms with Gasteiger partial charge in [-0.15, -0.1) is 0 Å². The number of fused-ring (bicyclic) bond motifs is 11. The summed E-state index contributed by atoms with van der Waals surface area (Å²) < 4.78 is 13.0. The van der Waals surface area contributed by atoms with Crippen molar-refractivity contribution in [3.63, 3.8) is 0 Å². The molecule has 0 saturated heterocycles. The molecule has 0 atom stereocenters. The quantitative estimate of drug-likeness (QED) is 0.160. The fraction of sp³-hybridized carbons (Fsp3) is 0.0154. The summed E-state index contributed by atoms with van der Waals surface area (Å²) in [4.78, 5) is 2.42. The van der Waals surface area contributed by atoms with Crippen molar-refractivity contribution in [3.05, 3.63) is 271 Å². The molecule has 11 aromatic carbocycles. The number of nitrogens with zero attached hydrogens (tertiary/aromatic N) is 1. The van der Waals surface area contributed by atoms with Crippen LogP contribution >= 0.6 is 0 Å². The van der Waals surface area contributed by atoms with Crippen LogP contribution in [0.3, 0.4) is 0 Å². The first kappa shape index (κ1) is 38.4. The zero-order valence-corrected chi connectivity index (χ0v) is 36.9. The van der Waals surface area contributed by atoms with Crippen LogP contribution in [0.2, 0.25) is 0 Å². The first-order valence-corrected chi connectivity index (χ1v) is 23.3. The zero-order chi connectivity index (χ0) is 44.8. The molecule has 1 aliphatic rings. The van der Waals surface area contributed by atoms with E-state index in [1.165, 1.54) is 38.8 Å². The van der Waals surface area contributed by atoms with Crippen molar-refractivity contribution in [2.45, 2.75) is 5.41 Å².